The highest BCUT2D eigenvalue weighted by molar-refractivity contribution is 8.00. The van der Waals surface area contributed by atoms with Crippen molar-refractivity contribution in [2.75, 3.05) is 5.73 Å². The lowest BCUT2D eigenvalue weighted by Crippen LogP contribution is -2.42. The molecule has 6 heteroatoms. The Morgan fingerprint density at radius 1 is 1.26 bits per heavy atom. The molecule has 0 aromatic carbocycles. The summed E-state index contributed by atoms with van der Waals surface area (Å²) in [6, 6.07) is 2.05. The SMILES string of the molecule is Cc1cc(N)nc(SC(C(=O)NC2CCCCCC2)C(C)C)n1. The molecule has 1 amide bonds. The number of nitrogens with zero attached hydrogens (tertiary/aromatic N) is 2. The third kappa shape index (κ3) is 5.68. The maximum absolute atomic E-state index is 12.7. The Morgan fingerprint density at radius 3 is 2.48 bits per heavy atom. The van der Waals surface area contributed by atoms with Gasteiger partial charge in [-0.05, 0) is 25.7 Å². The van der Waals surface area contributed by atoms with Gasteiger partial charge in [0.1, 0.15) is 5.82 Å². The maximum atomic E-state index is 12.7. The lowest BCUT2D eigenvalue weighted by atomic mass is 10.1. The second-order valence-corrected chi connectivity index (χ2v) is 7.81. The number of nitrogens with two attached hydrogens (primary N) is 1. The molecule has 0 aliphatic heterocycles. The second-order valence-electron chi connectivity index (χ2n) is 6.70. The van der Waals surface area contributed by atoms with Crippen molar-refractivity contribution in [3.63, 3.8) is 0 Å². The average Bonchev–Trinajstić information content (AvgIpc) is 2.72. The summed E-state index contributed by atoms with van der Waals surface area (Å²) in [5.74, 6) is 0.753. The summed E-state index contributed by atoms with van der Waals surface area (Å²) in [6.07, 6.45) is 7.17. The van der Waals surface area contributed by atoms with Crippen LogP contribution in [-0.4, -0.2) is 27.2 Å². The number of anilines is 1. The van der Waals surface area contributed by atoms with Gasteiger partial charge in [-0.3, -0.25) is 4.79 Å². The summed E-state index contributed by atoms with van der Waals surface area (Å²) < 4.78 is 0. The largest absolute Gasteiger partial charge is 0.384 e. The van der Waals surface area contributed by atoms with E-state index in [0.717, 1.165) is 18.5 Å². The number of nitrogens with one attached hydrogen (secondary N) is 1. The van der Waals surface area contributed by atoms with Gasteiger partial charge in [-0.1, -0.05) is 51.3 Å². The van der Waals surface area contributed by atoms with E-state index in [0.29, 0.717) is 17.0 Å². The van der Waals surface area contributed by atoms with Crippen LogP contribution >= 0.6 is 11.8 Å². The number of amides is 1. The highest BCUT2D eigenvalue weighted by atomic mass is 32.2. The van der Waals surface area contributed by atoms with Crippen LogP contribution in [0.4, 0.5) is 5.82 Å². The number of hydrogen-bond acceptors (Lipinski definition) is 5. The molecule has 1 saturated carbocycles. The minimum atomic E-state index is -0.195. The van der Waals surface area contributed by atoms with Crippen molar-refractivity contribution in [1.29, 1.82) is 0 Å². The first-order valence-corrected chi connectivity index (χ1v) is 9.42. The molecule has 0 saturated heterocycles. The lowest BCUT2D eigenvalue weighted by molar-refractivity contribution is -0.122. The molecule has 2 rings (SSSR count). The van der Waals surface area contributed by atoms with Gasteiger partial charge in [0.25, 0.3) is 0 Å². The molecule has 1 unspecified atom stereocenters. The van der Waals surface area contributed by atoms with Gasteiger partial charge in [0.15, 0.2) is 5.16 Å². The average molecular weight is 337 g/mol. The molecule has 0 bridgehead atoms. The van der Waals surface area contributed by atoms with E-state index in [1.165, 1.54) is 37.4 Å². The van der Waals surface area contributed by atoms with Gasteiger partial charge in [0, 0.05) is 17.8 Å². The van der Waals surface area contributed by atoms with E-state index < -0.39 is 0 Å². The molecule has 1 aromatic heterocycles. The van der Waals surface area contributed by atoms with Crippen LogP contribution in [0.5, 0.6) is 0 Å². The predicted octanol–water partition coefficient (Wildman–Crippen LogP) is 3.32. The van der Waals surface area contributed by atoms with Crippen LogP contribution in [0.2, 0.25) is 0 Å². The van der Waals surface area contributed by atoms with Crippen molar-refractivity contribution >= 4 is 23.5 Å². The van der Waals surface area contributed by atoms with Crippen molar-refractivity contribution in [2.24, 2.45) is 5.92 Å². The van der Waals surface area contributed by atoms with E-state index >= 15 is 0 Å². The standard InChI is InChI=1S/C17H28N4OS/c1-11(2)15(23-17-19-12(3)10-14(18)21-17)16(22)20-13-8-6-4-5-7-9-13/h10-11,13,15H,4-9H2,1-3H3,(H,20,22)(H2,18,19,21). The number of aromatic nitrogens is 2. The van der Waals surface area contributed by atoms with E-state index in [1.807, 2.05) is 6.92 Å². The van der Waals surface area contributed by atoms with E-state index in [-0.39, 0.29) is 17.1 Å². The number of rotatable bonds is 5. The molecular formula is C17H28N4OS. The monoisotopic (exact) mass is 336 g/mol. The van der Waals surface area contributed by atoms with Crippen molar-refractivity contribution in [2.45, 2.75) is 75.7 Å². The van der Waals surface area contributed by atoms with E-state index in [4.69, 9.17) is 5.73 Å². The van der Waals surface area contributed by atoms with Gasteiger partial charge in [-0.15, -0.1) is 0 Å². The van der Waals surface area contributed by atoms with Crippen LogP contribution < -0.4 is 11.1 Å². The quantitative estimate of drug-likeness (QED) is 0.490. The summed E-state index contributed by atoms with van der Waals surface area (Å²) in [5, 5.41) is 3.63. The number of hydrogen-bond donors (Lipinski definition) is 2. The Labute approximate surface area is 143 Å². The molecule has 128 valence electrons. The Morgan fingerprint density at radius 2 is 1.91 bits per heavy atom. The Hall–Kier alpha value is -1.30. The summed E-state index contributed by atoms with van der Waals surface area (Å²) >= 11 is 1.41. The summed E-state index contributed by atoms with van der Waals surface area (Å²) in [5.41, 5.74) is 6.61. The first kappa shape index (κ1) is 18.0. The van der Waals surface area contributed by atoms with Crippen LogP contribution in [0.25, 0.3) is 0 Å². The summed E-state index contributed by atoms with van der Waals surface area (Å²) in [7, 11) is 0. The lowest BCUT2D eigenvalue weighted by Gasteiger charge is -2.23. The Bertz CT molecular complexity index is 507. The smallest absolute Gasteiger partial charge is 0.234 e. The van der Waals surface area contributed by atoms with Gasteiger partial charge >= 0.3 is 0 Å². The highest BCUT2D eigenvalue weighted by Gasteiger charge is 2.27. The van der Waals surface area contributed by atoms with Crippen molar-refractivity contribution < 1.29 is 4.79 Å². The zero-order valence-electron chi connectivity index (χ0n) is 14.3. The maximum Gasteiger partial charge on any atom is 0.234 e. The number of carbonyl (C=O) groups excluding carboxylic acids is 1. The number of thioether (sulfide) groups is 1. The van der Waals surface area contributed by atoms with Crippen molar-refractivity contribution in [1.82, 2.24) is 15.3 Å². The predicted molar refractivity (Wildman–Crippen MR) is 95.3 cm³/mol. The van der Waals surface area contributed by atoms with Gasteiger partial charge in [-0.2, -0.15) is 0 Å². The van der Waals surface area contributed by atoms with Crippen LogP contribution in [0, 0.1) is 12.8 Å². The van der Waals surface area contributed by atoms with Crippen LogP contribution in [0.1, 0.15) is 58.1 Å². The zero-order valence-corrected chi connectivity index (χ0v) is 15.2. The first-order valence-electron chi connectivity index (χ1n) is 8.54. The molecule has 1 fully saturated rings. The topological polar surface area (TPSA) is 80.9 Å². The molecule has 1 heterocycles. The van der Waals surface area contributed by atoms with E-state index in [9.17, 15) is 4.79 Å². The van der Waals surface area contributed by atoms with Gasteiger partial charge in [-0.25, -0.2) is 9.97 Å². The van der Waals surface area contributed by atoms with Crippen molar-refractivity contribution in [3.8, 4) is 0 Å². The van der Waals surface area contributed by atoms with E-state index in [1.54, 1.807) is 6.07 Å². The Balaban J connectivity index is 2.03. The first-order chi connectivity index (χ1) is 11.0. The molecule has 0 radical (unpaired) electrons. The van der Waals surface area contributed by atoms with Crippen LogP contribution in [0.3, 0.4) is 0 Å². The minimum Gasteiger partial charge on any atom is -0.384 e. The third-order valence-electron chi connectivity index (χ3n) is 4.15. The van der Waals surface area contributed by atoms with E-state index in [2.05, 4.69) is 29.1 Å². The van der Waals surface area contributed by atoms with Gasteiger partial charge in [0.2, 0.25) is 5.91 Å². The molecule has 5 nitrogen and oxygen atoms in total. The van der Waals surface area contributed by atoms with Crippen molar-refractivity contribution in [3.05, 3.63) is 11.8 Å². The fourth-order valence-corrected chi connectivity index (χ4v) is 3.96. The highest BCUT2D eigenvalue weighted by Crippen LogP contribution is 2.27. The van der Waals surface area contributed by atoms with Crippen LogP contribution in [-0.2, 0) is 4.79 Å². The molecular weight excluding hydrogens is 308 g/mol. The fourth-order valence-electron chi connectivity index (χ4n) is 2.93. The summed E-state index contributed by atoms with van der Waals surface area (Å²) in [6.45, 7) is 6.01. The number of aryl methyl sites for hydroxylation is 1. The number of nitrogen functional groups attached to an aromatic ring is 1. The zero-order chi connectivity index (χ0) is 16.8. The molecule has 1 aliphatic carbocycles. The summed E-state index contributed by atoms with van der Waals surface area (Å²) in [4.78, 5) is 21.4. The Kier molecular flexibility index (Phi) is 6.69. The fraction of sp³-hybridized carbons (Fsp3) is 0.706. The molecule has 0 spiro atoms. The van der Waals surface area contributed by atoms with Gasteiger partial charge in [0.05, 0.1) is 5.25 Å². The third-order valence-corrected chi connectivity index (χ3v) is 5.56. The minimum absolute atomic E-state index is 0.0978. The van der Waals surface area contributed by atoms with Gasteiger partial charge < -0.3 is 11.1 Å². The normalized spacial score (nSPS) is 17.7. The number of carbonyl (C=O) groups is 1. The molecule has 1 aliphatic rings. The molecule has 1 aromatic rings. The molecule has 23 heavy (non-hydrogen) atoms. The van der Waals surface area contributed by atoms with Crippen LogP contribution in [0.15, 0.2) is 11.2 Å². The molecule has 3 N–H and O–H groups in total. The second kappa shape index (κ2) is 8.52. The molecule has 1 atom stereocenters.